The van der Waals surface area contributed by atoms with Crippen molar-refractivity contribution in [2.75, 3.05) is 7.05 Å². The van der Waals surface area contributed by atoms with Crippen LogP contribution in [-0.4, -0.2) is 27.2 Å². The lowest BCUT2D eigenvalue weighted by Gasteiger charge is -2.20. The van der Waals surface area contributed by atoms with Crippen molar-refractivity contribution in [2.24, 2.45) is 4.99 Å². The van der Waals surface area contributed by atoms with E-state index in [0.29, 0.717) is 42.7 Å². The fourth-order valence-electron chi connectivity index (χ4n) is 3.16. The van der Waals surface area contributed by atoms with Gasteiger partial charge in [0, 0.05) is 38.5 Å². The Kier molecular flexibility index (Phi) is 2.80. The van der Waals surface area contributed by atoms with Crippen LogP contribution in [0.25, 0.3) is 31.6 Å². The highest BCUT2D eigenvalue weighted by Gasteiger charge is 2.35. The summed E-state index contributed by atoms with van der Waals surface area (Å²) in [6.07, 6.45) is 0. The molecule has 24 heavy (non-hydrogen) atoms. The molecule has 0 fully saturated rings. The molecule has 0 spiro atoms. The van der Waals surface area contributed by atoms with E-state index in [9.17, 15) is 8.78 Å². The Hall–Kier alpha value is -2.10. The van der Waals surface area contributed by atoms with Crippen LogP contribution in [-0.2, 0) is 0 Å². The summed E-state index contributed by atoms with van der Waals surface area (Å²) < 4.78 is 37.8. The van der Waals surface area contributed by atoms with E-state index in [1.165, 1.54) is 40.5 Å². The molecule has 0 unspecified atom stereocenters. The molecule has 3 heterocycles. The average Bonchev–Trinajstić information content (AvgIpc) is 3.27. The molecular weight excluding hydrogens is 370 g/mol. The summed E-state index contributed by atoms with van der Waals surface area (Å²) in [6, 6.07) is 0. The van der Waals surface area contributed by atoms with E-state index >= 15 is 0 Å². The first-order valence-corrected chi connectivity index (χ1v) is 9.31. The van der Waals surface area contributed by atoms with Gasteiger partial charge in [0.15, 0.2) is 0 Å². The van der Waals surface area contributed by atoms with E-state index < -0.39 is 5.82 Å². The monoisotopic (exact) mass is 376 g/mol. The van der Waals surface area contributed by atoms with Gasteiger partial charge < -0.3 is 0 Å². The van der Waals surface area contributed by atoms with Gasteiger partial charge in [-0.05, 0) is 0 Å². The van der Waals surface area contributed by atoms with E-state index in [-0.39, 0.29) is 17.2 Å². The summed E-state index contributed by atoms with van der Waals surface area (Å²) in [5.41, 5.74) is 2.92. The standard InChI is InChI=1S/C15H6F2N4S3/c1-19-11-6-4(16)2-23-15(6)9-8(10(11)18)14-7(5(17)3-22-14)12-13(9)21-24-20-12/h2-3,18H,1H3. The molecule has 1 aromatic carbocycles. The normalized spacial score (nSPS) is 15.5. The molecule has 4 aromatic rings. The van der Waals surface area contributed by atoms with E-state index in [0.717, 1.165) is 11.7 Å². The smallest absolute Gasteiger partial charge is 0.144 e. The zero-order chi connectivity index (χ0) is 16.6. The number of nitrogens with one attached hydrogen (secondary N) is 1. The van der Waals surface area contributed by atoms with Gasteiger partial charge in [0.05, 0.1) is 34.1 Å². The van der Waals surface area contributed by atoms with Crippen LogP contribution >= 0.6 is 34.4 Å². The number of thiophene rings is 2. The van der Waals surface area contributed by atoms with Crippen LogP contribution in [0, 0.1) is 17.0 Å². The minimum absolute atomic E-state index is 0.0963. The van der Waals surface area contributed by atoms with Crippen molar-refractivity contribution in [2.45, 2.75) is 0 Å². The number of hydrogen-bond acceptors (Lipinski definition) is 7. The highest BCUT2D eigenvalue weighted by atomic mass is 32.1. The fraction of sp³-hybridized carbons (Fsp3) is 0.0667. The lowest BCUT2D eigenvalue weighted by Crippen LogP contribution is -2.22. The Morgan fingerprint density at radius 1 is 1.00 bits per heavy atom. The summed E-state index contributed by atoms with van der Waals surface area (Å²) in [5, 5.41) is 11.8. The summed E-state index contributed by atoms with van der Waals surface area (Å²) in [4.78, 5) is 4.79. The number of rotatable bonds is 0. The van der Waals surface area contributed by atoms with Gasteiger partial charge in [-0.25, -0.2) is 8.78 Å². The van der Waals surface area contributed by atoms with Crippen molar-refractivity contribution in [3.05, 3.63) is 33.5 Å². The third-order valence-corrected chi connectivity index (χ3v) is 6.57. The Morgan fingerprint density at radius 3 is 2.54 bits per heavy atom. The number of nitrogens with zero attached hydrogens (tertiary/aromatic N) is 3. The Morgan fingerprint density at radius 2 is 1.75 bits per heavy atom. The molecule has 1 aliphatic rings. The van der Waals surface area contributed by atoms with Crippen LogP contribution in [0.2, 0.25) is 0 Å². The van der Waals surface area contributed by atoms with Gasteiger partial charge >= 0.3 is 0 Å². The lowest BCUT2D eigenvalue weighted by atomic mass is 9.86. The maximum atomic E-state index is 14.3. The van der Waals surface area contributed by atoms with Crippen LogP contribution in [0.15, 0.2) is 15.8 Å². The number of aromatic nitrogens is 2. The van der Waals surface area contributed by atoms with Crippen molar-refractivity contribution in [3.8, 4) is 10.4 Å². The number of fused-ring (bicyclic) bond motifs is 8. The van der Waals surface area contributed by atoms with Crippen molar-refractivity contribution >= 4 is 66.9 Å². The molecule has 0 saturated heterocycles. The summed E-state index contributed by atoms with van der Waals surface area (Å²) >= 11 is 3.46. The van der Waals surface area contributed by atoms with Crippen molar-refractivity contribution in [1.29, 1.82) is 5.41 Å². The molecule has 1 aliphatic carbocycles. The van der Waals surface area contributed by atoms with E-state index in [1.807, 2.05) is 0 Å². The van der Waals surface area contributed by atoms with Gasteiger partial charge in [-0.2, -0.15) is 8.75 Å². The van der Waals surface area contributed by atoms with E-state index in [4.69, 9.17) is 5.41 Å². The molecule has 0 radical (unpaired) electrons. The molecule has 0 amide bonds. The Balaban J connectivity index is 2.11. The van der Waals surface area contributed by atoms with Gasteiger partial charge in [0.1, 0.15) is 22.7 Å². The molecule has 1 N–H and O–H groups in total. The molecule has 9 heteroatoms. The first-order valence-electron chi connectivity index (χ1n) is 6.82. The van der Waals surface area contributed by atoms with E-state index in [2.05, 4.69) is 13.7 Å². The van der Waals surface area contributed by atoms with Crippen LogP contribution in [0.3, 0.4) is 0 Å². The number of hydrogen-bond donors (Lipinski definition) is 1. The van der Waals surface area contributed by atoms with Crippen LogP contribution in [0.1, 0.15) is 11.1 Å². The van der Waals surface area contributed by atoms with Gasteiger partial charge in [0.2, 0.25) is 0 Å². The second-order valence-corrected chi connectivity index (χ2v) is 7.52. The van der Waals surface area contributed by atoms with Crippen LogP contribution in [0.4, 0.5) is 8.78 Å². The quantitative estimate of drug-likeness (QED) is 0.483. The summed E-state index contributed by atoms with van der Waals surface area (Å²) in [6.45, 7) is 0. The zero-order valence-electron chi connectivity index (χ0n) is 12.0. The van der Waals surface area contributed by atoms with Gasteiger partial charge in [-0.1, -0.05) is 0 Å². The Bertz CT molecular complexity index is 1210. The molecular formula is C15H6F2N4S3. The lowest BCUT2D eigenvalue weighted by molar-refractivity contribution is 0.631. The predicted octanol–water partition coefficient (Wildman–Crippen LogP) is 4.71. The average molecular weight is 376 g/mol. The van der Waals surface area contributed by atoms with Crippen molar-refractivity contribution in [3.63, 3.8) is 0 Å². The summed E-state index contributed by atoms with van der Waals surface area (Å²) in [7, 11) is 1.53. The first-order chi connectivity index (χ1) is 11.6. The molecule has 5 rings (SSSR count). The minimum atomic E-state index is -0.403. The number of halogens is 2. The second kappa shape index (κ2) is 4.71. The third-order valence-electron chi connectivity index (χ3n) is 4.11. The van der Waals surface area contributed by atoms with Crippen LogP contribution < -0.4 is 0 Å². The third kappa shape index (κ3) is 1.54. The first kappa shape index (κ1) is 14.3. The fourth-order valence-corrected chi connectivity index (χ4v) is 5.66. The topological polar surface area (TPSA) is 62.0 Å². The SMILES string of the molecule is CN=C1C(=N)c2c(c3nsnc3c3c(F)csc23)-c2scc(F)c21. The molecule has 4 nitrogen and oxygen atoms in total. The van der Waals surface area contributed by atoms with Crippen molar-refractivity contribution < 1.29 is 8.78 Å². The second-order valence-electron chi connectivity index (χ2n) is 5.23. The molecule has 0 bridgehead atoms. The Labute approximate surface area is 145 Å². The molecule has 3 aromatic heterocycles. The zero-order valence-corrected chi connectivity index (χ0v) is 14.4. The molecule has 0 atom stereocenters. The van der Waals surface area contributed by atoms with Gasteiger partial charge in [0.25, 0.3) is 0 Å². The largest absolute Gasteiger partial charge is 0.298 e. The highest BCUT2D eigenvalue weighted by Crippen LogP contribution is 2.48. The van der Waals surface area contributed by atoms with Crippen molar-refractivity contribution in [1.82, 2.24) is 8.75 Å². The van der Waals surface area contributed by atoms with Crippen LogP contribution in [0.5, 0.6) is 0 Å². The van der Waals surface area contributed by atoms with Gasteiger partial charge in [-0.15, -0.1) is 22.7 Å². The number of benzene rings is 1. The maximum Gasteiger partial charge on any atom is 0.144 e. The number of aliphatic imine (C=N–C) groups is 1. The van der Waals surface area contributed by atoms with E-state index in [1.54, 1.807) is 0 Å². The highest BCUT2D eigenvalue weighted by molar-refractivity contribution is 7.18. The minimum Gasteiger partial charge on any atom is -0.298 e. The van der Waals surface area contributed by atoms with Gasteiger partial charge in [-0.3, -0.25) is 10.4 Å². The predicted molar refractivity (Wildman–Crippen MR) is 95.3 cm³/mol. The molecule has 118 valence electrons. The molecule has 0 aliphatic heterocycles. The summed E-state index contributed by atoms with van der Waals surface area (Å²) in [5.74, 6) is -0.777. The molecule has 0 saturated carbocycles. The maximum absolute atomic E-state index is 14.3.